The molecule has 7 nitrogen and oxygen atoms in total. The van der Waals surface area contributed by atoms with Gasteiger partial charge < -0.3 is 0 Å². The van der Waals surface area contributed by atoms with Crippen molar-refractivity contribution >= 4 is 58.6 Å². The molecule has 154 valence electrons. The molecule has 4 heterocycles. The zero-order chi connectivity index (χ0) is 22.1. The predicted molar refractivity (Wildman–Crippen MR) is 125 cm³/mol. The van der Waals surface area contributed by atoms with Crippen molar-refractivity contribution in [3.8, 4) is 0 Å². The van der Waals surface area contributed by atoms with Crippen molar-refractivity contribution < 1.29 is 12.8 Å². The SMILES string of the molecule is BC1(B)CC(c2cn3ncnc3c(F)c2C)CC(B)(B)N1S(=O)(=O)c1cc(C)ns1. The van der Waals surface area contributed by atoms with Gasteiger partial charge in [0.05, 0.1) is 5.69 Å². The minimum Gasteiger partial charge on any atom is -0.218 e. The smallest absolute Gasteiger partial charge is 0.218 e. The largest absolute Gasteiger partial charge is 0.252 e. The van der Waals surface area contributed by atoms with Gasteiger partial charge in [-0.2, -0.15) is 9.47 Å². The first kappa shape index (κ1) is 21.6. The maximum absolute atomic E-state index is 14.9. The first-order valence-corrected chi connectivity index (χ1v) is 12.0. The Bertz CT molecular complexity index is 1230. The van der Waals surface area contributed by atoms with E-state index in [4.69, 9.17) is 0 Å². The zero-order valence-electron chi connectivity index (χ0n) is 18.0. The maximum Gasteiger partial charge on any atom is 0.252 e. The quantitative estimate of drug-likeness (QED) is 0.454. The summed E-state index contributed by atoms with van der Waals surface area (Å²) in [5.41, 5.74) is 2.28. The summed E-state index contributed by atoms with van der Waals surface area (Å²) in [6.45, 7) is 3.54. The molecule has 3 aromatic heterocycles. The van der Waals surface area contributed by atoms with Crippen molar-refractivity contribution in [2.24, 2.45) is 0 Å². The molecule has 0 spiro atoms. The van der Waals surface area contributed by atoms with Gasteiger partial charge in [0.15, 0.2) is 15.7 Å². The van der Waals surface area contributed by atoms with Crippen molar-refractivity contribution in [3.05, 3.63) is 41.2 Å². The lowest BCUT2D eigenvalue weighted by Gasteiger charge is -2.55. The predicted octanol–water partition coefficient (Wildman–Crippen LogP) is -1.65. The van der Waals surface area contributed by atoms with E-state index in [1.807, 2.05) is 37.6 Å². The van der Waals surface area contributed by atoms with Gasteiger partial charge in [0.2, 0.25) is 0 Å². The van der Waals surface area contributed by atoms with Gasteiger partial charge in [-0.05, 0) is 72.0 Å². The van der Waals surface area contributed by atoms with Crippen molar-refractivity contribution in [1.29, 1.82) is 0 Å². The van der Waals surface area contributed by atoms with Gasteiger partial charge in [-0.25, -0.2) is 26.6 Å². The summed E-state index contributed by atoms with van der Waals surface area (Å²) in [4.78, 5) is 3.99. The first-order valence-electron chi connectivity index (χ1n) is 9.82. The molecule has 3 aromatic rings. The molecule has 1 aliphatic heterocycles. The molecule has 0 atom stereocenters. The third-order valence-electron chi connectivity index (χ3n) is 5.93. The Balaban J connectivity index is 1.78. The summed E-state index contributed by atoms with van der Waals surface area (Å²) in [5.74, 6) is -0.399. The van der Waals surface area contributed by atoms with Crippen LogP contribution in [0.1, 0.15) is 35.6 Å². The number of aromatic nitrogens is 4. The van der Waals surface area contributed by atoms with Gasteiger partial charge in [0.1, 0.15) is 37.7 Å². The van der Waals surface area contributed by atoms with Crippen LogP contribution in [-0.4, -0.2) is 73.8 Å². The summed E-state index contributed by atoms with van der Waals surface area (Å²) in [5, 5.41) is 2.74. The fourth-order valence-corrected chi connectivity index (χ4v) is 8.29. The highest BCUT2D eigenvalue weighted by molar-refractivity contribution is 7.91. The minimum absolute atomic E-state index is 0.0206. The average Bonchev–Trinajstić information content (AvgIpc) is 3.24. The second-order valence-electron chi connectivity index (χ2n) is 9.34. The first-order chi connectivity index (χ1) is 13.8. The van der Waals surface area contributed by atoms with Crippen LogP contribution in [0.25, 0.3) is 5.65 Å². The number of hydrogen-bond acceptors (Lipinski definition) is 6. The standard InChI is InChI=1S/C16H22B4FN5O2S2/c1-8-3-12(29-24-8)30(27,28)26-15(17,18)4-10(5-16(26,19)20)11-6-25-14(22-7-23-25)13(21)9(11)2/h3,6-7,10H,4-5,17-20H2,1-2H3. The van der Waals surface area contributed by atoms with E-state index in [0.717, 1.165) is 17.1 Å². The molecule has 0 unspecified atom stereocenters. The van der Waals surface area contributed by atoms with Crippen LogP contribution in [0.5, 0.6) is 0 Å². The Morgan fingerprint density at radius 3 is 2.40 bits per heavy atom. The highest BCUT2D eigenvalue weighted by Crippen LogP contribution is 2.45. The maximum atomic E-state index is 14.9. The summed E-state index contributed by atoms with van der Waals surface area (Å²) in [6.07, 6.45) is 4.29. The third-order valence-corrected chi connectivity index (χ3v) is 9.55. The van der Waals surface area contributed by atoms with Crippen molar-refractivity contribution in [3.63, 3.8) is 0 Å². The number of piperidine rings is 1. The van der Waals surface area contributed by atoms with E-state index in [9.17, 15) is 12.8 Å². The van der Waals surface area contributed by atoms with E-state index >= 15 is 0 Å². The molecule has 0 saturated carbocycles. The van der Waals surface area contributed by atoms with Gasteiger partial charge in [0.25, 0.3) is 10.0 Å². The lowest BCUT2D eigenvalue weighted by atomic mass is 9.46. The number of pyridine rings is 1. The van der Waals surface area contributed by atoms with E-state index in [1.54, 1.807) is 24.2 Å². The van der Waals surface area contributed by atoms with E-state index in [-0.39, 0.29) is 21.6 Å². The molecule has 0 amide bonds. The van der Waals surface area contributed by atoms with E-state index in [1.165, 1.54) is 10.8 Å². The Labute approximate surface area is 183 Å². The van der Waals surface area contributed by atoms with Gasteiger partial charge in [-0.3, -0.25) is 0 Å². The van der Waals surface area contributed by atoms with Crippen molar-refractivity contribution in [2.45, 2.75) is 47.5 Å². The molecule has 0 bridgehead atoms. The summed E-state index contributed by atoms with van der Waals surface area (Å²) in [7, 11) is 4.03. The second-order valence-corrected chi connectivity index (χ2v) is 12.2. The molecular weight excluding hydrogens is 421 g/mol. The molecule has 0 aliphatic carbocycles. The lowest BCUT2D eigenvalue weighted by Crippen LogP contribution is -2.68. The highest BCUT2D eigenvalue weighted by atomic mass is 32.2. The molecule has 30 heavy (non-hydrogen) atoms. The van der Waals surface area contributed by atoms with Crippen LogP contribution in [-0.2, 0) is 10.0 Å². The second kappa shape index (κ2) is 6.93. The number of rotatable bonds is 3. The zero-order valence-corrected chi connectivity index (χ0v) is 19.6. The molecule has 4 rings (SSSR count). The normalized spacial score (nSPS) is 20.0. The van der Waals surface area contributed by atoms with Crippen LogP contribution in [0, 0.1) is 19.7 Å². The molecule has 0 N–H and O–H groups in total. The van der Waals surface area contributed by atoms with E-state index < -0.39 is 20.7 Å². The van der Waals surface area contributed by atoms with E-state index in [0.29, 0.717) is 24.1 Å². The van der Waals surface area contributed by atoms with Crippen LogP contribution in [0.2, 0.25) is 0 Å². The van der Waals surface area contributed by atoms with Crippen LogP contribution in [0.15, 0.2) is 22.8 Å². The molecule has 14 heteroatoms. The topological polar surface area (TPSA) is 80.5 Å². The molecule has 0 radical (unpaired) electrons. The van der Waals surface area contributed by atoms with Crippen molar-refractivity contribution in [2.75, 3.05) is 0 Å². The Kier molecular flexibility index (Phi) is 4.98. The number of fused-ring (bicyclic) bond motifs is 1. The number of sulfonamides is 1. The molecular formula is C16H22B4FN5O2S2. The minimum atomic E-state index is -3.72. The highest BCUT2D eigenvalue weighted by Gasteiger charge is 2.51. The molecule has 0 aromatic carbocycles. The Hall–Kier alpha value is -1.65. The lowest BCUT2D eigenvalue weighted by molar-refractivity contribution is 0.208. The third kappa shape index (κ3) is 3.33. The summed E-state index contributed by atoms with van der Waals surface area (Å²) in [6, 6.07) is 1.62. The van der Waals surface area contributed by atoms with Gasteiger partial charge >= 0.3 is 0 Å². The number of nitrogens with zero attached hydrogens (tertiary/aromatic N) is 5. The van der Waals surface area contributed by atoms with Crippen LogP contribution < -0.4 is 0 Å². The monoisotopic (exact) mass is 443 g/mol. The number of halogens is 1. The van der Waals surface area contributed by atoms with Gasteiger partial charge in [0, 0.05) is 6.20 Å². The summed E-state index contributed by atoms with van der Waals surface area (Å²) < 4.78 is 49.5. The Morgan fingerprint density at radius 1 is 1.20 bits per heavy atom. The van der Waals surface area contributed by atoms with Gasteiger partial charge in [-0.1, -0.05) is 0 Å². The fourth-order valence-electron chi connectivity index (χ4n) is 5.12. The Morgan fingerprint density at radius 2 is 1.83 bits per heavy atom. The number of aryl methyl sites for hydroxylation is 1. The van der Waals surface area contributed by atoms with Gasteiger partial charge in [-0.15, -0.1) is 0 Å². The number of hydrogen-bond donors (Lipinski definition) is 0. The summed E-state index contributed by atoms with van der Waals surface area (Å²) >= 11 is 1.01. The van der Waals surface area contributed by atoms with Crippen LogP contribution in [0.4, 0.5) is 4.39 Å². The van der Waals surface area contributed by atoms with E-state index in [2.05, 4.69) is 14.5 Å². The van der Waals surface area contributed by atoms with Crippen LogP contribution in [0.3, 0.4) is 0 Å². The molecule has 1 saturated heterocycles. The molecule has 1 aliphatic rings. The van der Waals surface area contributed by atoms with Crippen LogP contribution >= 0.6 is 11.5 Å². The average molecular weight is 443 g/mol. The van der Waals surface area contributed by atoms with Crippen molar-refractivity contribution in [1.82, 2.24) is 23.3 Å². The fraction of sp³-hybridized carbons (Fsp3) is 0.438. The molecule has 1 fully saturated rings.